The Morgan fingerprint density at radius 1 is 1.55 bits per heavy atom. The third-order valence-electron chi connectivity index (χ3n) is 3.30. The Kier molecular flexibility index (Phi) is 3.74. The lowest BCUT2D eigenvalue weighted by Crippen LogP contribution is -2.11. The zero-order valence-electron chi connectivity index (χ0n) is 11.1. The molecule has 1 aromatic heterocycles. The number of benzene rings is 1. The topological polar surface area (TPSA) is 73.1 Å². The number of nitro benzene ring substituents is 1. The first-order valence-corrected chi connectivity index (χ1v) is 6.19. The number of non-ortho nitro benzene ring substituents is 1. The Morgan fingerprint density at radius 3 is 2.80 bits per heavy atom. The third-order valence-corrected chi connectivity index (χ3v) is 3.30. The van der Waals surface area contributed by atoms with Crippen LogP contribution in [0.5, 0.6) is 0 Å². The van der Waals surface area contributed by atoms with Gasteiger partial charge in [-0.25, -0.2) is 4.39 Å². The summed E-state index contributed by atoms with van der Waals surface area (Å²) in [4.78, 5) is 26.1. The van der Waals surface area contributed by atoms with Crippen molar-refractivity contribution in [2.75, 3.05) is 0 Å². The molecule has 2 rings (SSSR count). The number of fused-ring (bicyclic) bond motifs is 1. The van der Waals surface area contributed by atoms with Crippen LogP contribution in [0.2, 0.25) is 0 Å². The highest BCUT2D eigenvalue weighted by atomic mass is 19.1. The standard InChI is InChI=1S/C14H13FN2O3/c1-3-9(8(2)18)13-11(15)7-12(17(19)20)10-5-4-6-16-14(10)13/h4-7,9H,3H2,1-2H3. The number of rotatable bonds is 4. The zero-order valence-corrected chi connectivity index (χ0v) is 11.1. The Labute approximate surface area is 114 Å². The molecule has 2 aromatic rings. The molecule has 0 bridgehead atoms. The number of carbonyl (C=O) groups excluding carboxylic acids is 1. The number of aromatic nitrogens is 1. The third kappa shape index (κ3) is 2.24. The van der Waals surface area contributed by atoms with Gasteiger partial charge in [0.15, 0.2) is 0 Å². The molecule has 0 radical (unpaired) electrons. The van der Waals surface area contributed by atoms with Crippen molar-refractivity contribution in [3.05, 3.63) is 45.9 Å². The highest BCUT2D eigenvalue weighted by Gasteiger charge is 2.26. The van der Waals surface area contributed by atoms with Gasteiger partial charge in [0.25, 0.3) is 5.69 Å². The number of ketones is 1. The summed E-state index contributed by atoms with van der Waals surface area (Å²) in [7, 11) is 0. The van der Waals surface area contributed by atoms with E-state index in [4.69, 9.17) is 0 Å². The Bertz CT molecular complexity index is 700. The van der Waals surface area contributed by atoms with Crippen LogP contribution in [-0.4, -0.2) is 15.7 Å². The molecule has 0 N–H and O–H groups in total. The molecule has 0 saturated heterocycles. The van der Waals surface area contributed by atoms with Gasteiger partial charge in [0.05, 0.1) is 21.9 Å². The van der Waals surface area contributed by atoms with Gasteiger partial charge in [0.1, 0.15) is 11.6 Å². The molecular formula is C14H13FN2O3. The van der Waals surface area contributed by atoms with E-state index < -0.39 is 16.7 Å². The van der Waals surface area contributed by atoms with Crippen LogP contribution in [0.3, 0.4) is 0 Å². The van der Waals surface area contributed by atoms with Crippen LogP contribution >= 0.6 is 0 Å². The smallest absolute Gasteiger partial charge is 0.281 e. The summed E-state index contributed by atoms with van der Waals surface area (Å²) in [6, 6.07) is 3.92. The fourth-order valence-corrected chi connectivity index (χ4v) is 2.39. The molecule has 1 unspecified atom stereocenters. The van der Waals surface area contributed by atoms with Gasteiger partial charge in [0.2, 0.25) is 0 Å². The lowest BCUT2D eigenvalue weighted by molar-refractivity contribution is -0.383. The van der Waals surface area contributed by atoms with Crippen LogP contribution in [0.4, 0.5) is 10.1 Å². The largest absolute Gasteiger partial charge is 0.299 e. The van der Waals surface area contributed by atoms with E-state index in [1.807, 2.05) is 0 Å². The fourth-order valence-electron chi connectivity index (χ4n) is 2.39. The SMILES string of the molecule is CCC(C(C)=O)c1c(F)cc([N+](=O)[O-])c2cccnc12. The summed E-state index contributed by atoms with van der Waals surface area (Å²) >= 11 is 0. The highest BCUT2D eigenvalue weighted by molar-refractivity contribution is 5.95. The molecule has 104 valence electrons. The van der Waals surface area contributed by atoms with Crippen molar-refractivity contribution in [3.63, 3.8) is 0 Å². The summed E-state index contributed by atoms with van der Waals surface area (Å²) in [6.45, 7) is 3.14. The molecule has 0 amide bonds. The quantitative estimate of drug-likeness (QED) is 0.634. The first-order chi connectivity index (χ1) is 9.47. The molecule has 1 aromatic carbocycles. The van der Waals surface area contributed by atoms with E-state index in [0.29, 0.717) is 6.42 Å². The first kappa shape index (κ1) is 14.0. The van der Waals surface area contributed by atoms with Crippen molar-refractivity contribution in [3.8, 4) is 0 Å². The number of carbonyl (C=O) groups is 1. The molecule has 20 heavy (non-hydrogen) atoms. The van der Waals surface area contributed by atoms with Crippen molar-refractivity contribution in [2.45, 2.75) is 26.2 Å². The normalized spacial score (nSPS) is 12.3. The molecule has 0 aliphatic carbocycles. The van der Waals surface area contributed by atoms with Gasteiger partial charge >= 0.3 is 0 Å². The molecule has 0 fully saturated rings. The van der Waals surface area contributed by atoms with Crippen LogP contribution in [0, 0.1) is 15.9 Å². The van der Waals surface area contributed by atoms with Gasteiger partial charge in [-0.1, -0.05) is 6.92 Å². The fraction of sp³-hybridized carbons (Fsp3) is 0.286. The molecule has 0 saturated carbocycles. The van der Waals surface area contributed by atoms with E-state index in [1.54, 1.807) is 13.0 Å². The molecule has 0 spiro atoms. The minimum absolute atomic E-state index is 0.140. The average Bonchev–Trinajstić information content (AvgIpc) is 2.41. The lowest BCUT2D eigenvalue weighted by atomic mass is 9.90. The molecule has 0 aliphatic rings. The Balaban J connectivity index is 2.86. The van der Waals surface area contributed by atoms with Crippen molar-refractivity contribution in [1.29, 1.82) is 0 Å². The van der Waals surface area contributed by atoms with Crippen molar-refractivity contribution in [1.82, 2.24) is 4.98 Å². The maximum Gasteiger partial charge on any atom is 0.281 e. The van der Waals surface area contributed by atoms with Gasteiger partial charge < -0.3 is 0 Å². The Morgan fingerprint density at radius 2 is 2.25 bits per heavy atom. The lowest BCUT2D eigenvalue weighted by Gasteiger charge is -2.15. The molecule has 1 atom stereocenters. The number of hydrogen-bond donors (Lipinski definition) is 0. The summed E-state index contributed by atoms with van der Waals surface area (Å²) in [6.07, 6.45) is 1.84. The van der Waals surface area contributed by atoms with E-state index in [0.717, 1.165) is 6.07 Å². The van der Waals surface area contributed by atoms with Crippen molar-refractivity contribution in [2.24, 2.45) is 0 Å². The van der Waals surface area contributed by atoms with Gasteiger partial charge in [-0.3, -0.25) is 19.9 Å². The van der Waals surface area contributed by atoms with E-state index in [2.05, 4.69) is 4.98 Å². The minimum Gasteiger partial charge on any atom is -0.299 e. The summed E-state index contributed by atoms with van der Waals surface area (Å²) < 4.78 is 14.2. The van der Waals surface area contributed by atoms with Crippen LogP contribution in [-0.2, 0) is 4.79 Å². The number of nitro groups is 1. The monoisotopic (exact) mass is 276 g/mol. The van der Waals surface area contributed by atoms with E-state index in [9.17, 15) is 19.3 Å². The number of pyridine rings is 1. The maximum absolute atomic E-state index is 14.2. The van der Waals surface area contributed by atoms with Crippen LogP contribution in [0.25, 0.3) is 10.9 Å². The van der Waals surface area contributed by atoms with Crippen LogP contribution in [0.1, 0.15) is 31.7 Å². The first-order valence-electron chi connectivity index (χ1n) is 6.19. The number of nitrogens with zero attached hydrogens (tertiary/aromatic N) is 2. The predicted molar refractivity (Wildman–Crippen MR) is 72.1 cm³/mol. The summed E-state index contributed by atoms with van der Waals surface area (Å²) in [5.74, 6) is -1.59. The van der Waals surface area contributed by atoms with Crippen molar-refractivity contribution >= 4 is 22.4 Å². The molecule has 1 heterocycles. The Hall–Kier alpha value is -2.37. The minimum atomic E-state index is -0.759. The van der Waals surface area contributed by atoms with Gasteiger partial charge in [0, 0.05) is 17.7 Å². The molecular weight excluding hydrogens is 263 g/mol. The predicted octanol–water partition coefficient (Wildman–Crippen LogP) is 3.36. The summed E-state index contributed by atoms with van der Waals surface area (Å²) in [5.41, 5.74) is -0.0183. The van der Waals surface area contributed by atoms with Crippen LogP contribution < -0.4 is 0 Å². The second kappa shape index (κ2) is 5.32. The summed E-state index contributed by atoms with van der Waals surface area (Å²) in [5, 5.41) is 11.2. The van der Waals surface area contributed by atoms with Gasteiger partial charge in [-0.2, -0.15) is 0 Å². The van der Waals surface area contributed by atoms with Gasteiger partial charge in [-0.15, -0.1) is 0 Å². The second-order valence-electron chi connectivity index (χ2n) is 4.52. The number of hydrogen-bond acceptors (Lipinski definition) is 4. The highest BCUT2D eigenvalue weighted by Crippen LogP contribution is 2.35. The molecule has 5 nitrogen and oxygen atoms in total. The van der Waals surface area contributed by atoms with Gasteiger partial charge in [-0.05, 0) is 25.5 Å². The maximum atomic E-state index is 14.2. The van der Waals surface area contributed by atoms with Crippen LogP contribution in [0.15, 0.2) is 24.4 Å². The van der Waals surface area contributed by atoms with E-state index in [-0.39, 0.29) is 27.9 Å². The molecule has 6 heteroatoms. The van der Waals surface area contributed by atoms with E-state index >= 15 is 0 Å². The average molecular weight is 276 g/mol. The van der Waals surface area contributed by atoms with E-state index in [1.165, 1.54) is 19.2 Å². The zero-order chi connectivity index (χ0) is 14.9. The molecule has 0 aliphatic heterocycles. The number of halogens is 1. The second-order valence-corrected chi connectivity index (χ2v) is 4.52. The van der Waals surface area contributed by atoms with Crippen molar-refractivity contribution < 1.29 is 14.1 Å². The number of Topliss-reactive ketones (excluding diaryl/α,β-unsaturated/α-hetero) is 1.